The number of benzene rings is 1. The maximum absolute atomic E-state index is 5.93. The van der Waals surface area contributed by atoms with Crippen LogP contribution in [0.3, 0.4) is 0 Å². The molecule has 128 valence electrons. The van der Waals surface area contributed by atoms with Crippen molar-refractivity contribution in [3.8, 4) is 11.5 Å². The number of hydrogen-bond donors (Lipinski definition) is 2. The van der Waals surface area contributed by atoms with Crippen molar-refractivity contribution in [2.75, 3.05) is 53.0 Å². The molecule has 23 heavy (non-hydrogen) atoms. The molecule has 4 nitrogen and oxygen atoms in total. The highest BCUT2D eigenvalue weighted by atomic mass is 16.5. The molecule has 0 aliphatic carbocycles. The van der Waals surface area contributed by atoms with Crippen LogP contribution in [0.5, 0.6) is 11.5 Å². The van der Waals surface area contributed by atoms with Crippen molar-refractivity contribution in [3.05, 3.63) is 29.8 Å². The third-order valence-corrected chi connectivity index (χ3v) is 4.64. The molecule has 0 atom stereocenters. The number of likely N-dealkylation sites (N-methyl/N-ethyl adjacent to an activating group) is 1. The lowest BCUT2D eigenvalue weighted by Gasteiger charge is -2.28. The van der Waals surface area contributed by atoms with Crippen LogP contribution in [-0.2, 0) is 0 Å². The van der Waals surface area contributed by atoms with Gasteiger partial charge in [-0.05, 0) is 31.5 Å². The average Bonchev–Trinajstić information content (AvgIpc) is 2.60. The molecule has 1 aromatic carbocycles. The van der Waals surface area contributed by atoms with E-state index >= 15 is 0 Å². The molecule has 0 amide bonds. The smallest absolute Gasteiger partial charge is 0.161 e. The van der Waals surface area contributed by atoms with Gasteiger partial charge >= 0.3 is 0 Å². The van der Waals surface area contributed by atoms with Gasteiger partial charge in [0.1, 0.15) is 26.2 Å². The first-order chi connectivity index (χ1) is 11.3. The van der Waals surface area contributed by atoms with Crippen molar-refractivity contribution >= 4 is 6.08 Å². The van der Waals surface area contributed by atoms with E-state index in [1.165, 1.54) is 39.3 Å². The number of nitrogens with one attached hydrogen (secondary N) is 2. The van der Waals surface area contributed by atoms with E-state index in [1.807, 2.05) is 25.1 Å². The minimum absolute atomic E-state index is 0.757. The summed E-state index contributed by atoms with van der Waals surface area (Å²) in [5.41, 5.74) is 1.14. The van der Waals surface area contributed by atoms with Gasteiger partial charge in [0.25, 0.3) is 0 Å². The Hall–Kier alpha value is -1.52. The van der Waals surface area contributed by atoms with E-state index in [2.05, 4.69) is 19.1 Å². The minimum atomic E-state index is 0.757. The second kappa shape index (κ2) is 9.58. The summed E-state index contributed by atoms with van der Waals surface area (Å²) in [5, 5.41) is 0. The van der Waals surface area contributed by atoms with Crippen molar-refractivity contribution in [2.24, 2.45) is 0 Å². The van der Waals surface area contributed by atoms with Gasteiger partial charge in [0.2, 0.25) is 0 Å². The average molecular weight is 320 g/mol. The van der Waals surface area contributed by atoms with E-state index in [4.69, 9.17) is 9.47 Å². The molecule has 0 aromatic heterocycles. The Morgan fingerprint density at radius 3 is 2.48 bits per heavy atom. The van der Waals surface area contributed by atoms with Crippen molar-refractivity contribution in [2.45, 2.75) is 20.3 Å². The van der Waals surface area contributed by atoms with Crippen molar-refractivity contribution in [1.29, 1.82) is 0 Å². The third-order valence-electron chi connectivity index (χ3n) is 4.64. The van der Waals surface area contributed by atoms with E-state index in [-0.39, 0.29) is 0 Å². The monoisotopic (exact) mass is 320 g/mol. The number of methoxy groups -OCH3 is 1. The van der Waals surface area contributed by atoms with Crippen LogP contribution in [-0.4, -0.2) is 53.0 Å². The molecule has 0 bridgehead atoms. The maximum Gasteiger partial charge on any atom is 0.161 e. The van der Waals surface area contributed by atoms with Crippen LogP contribution in [0.4, 0.5) is 0 Å². The third kappa shape index (κ3) is 5.56. The SMILES string of the molecule is C/C=C/c1ccc(OCCC[NH+]2CC[NH+](CC)CC2)c(OC)c1. The van der Waals surface area contributed by atoms with Gasteiger partial charge in [-0.3, -0.25) is 0 Å². The fraction of sp³-hybridized carbons (Fsp3) is 0.579. The maximum atomic E-state index is 5.93. The second-order valence-corrected chi connectivity index (χ2v) is 6.22. The van der Waals surface area contributed by atoms with E-state index < -0.39 is 0 Å². The minimum Gasteiger partial charge on any atom is -0.493 e. The molecule has 2 N–H and O–H groups in total. The highest BCUT2D eigenvalue weighted by molar-refractivity contribution is 5.55. The summed E-state index contributed by atoms with van der Waals surface area (Å²) in [5.74, 6) is 1.66. The van der Waals surface area contributed by atoms with Gasteiger partial charge in [0.05, 0.1) is 26.8 Å². The zero-order valence-corrected chi connectivity index (χ0v) is 14.9. The van der Waals surface area contributed by atoms with Crippen LogP contribution in [0, 0.1) is 0 Å². The van der Waals surface area contributed by atoms with Crippen LogP contribution in [0.2, 0.25) is 0 Å². The Morgan fingerprint density at radius 1 is 1.09 bits per heavy atom. The van der Waals surface area contributed by atoms with E-state index in [9.17, 15) is 0 Å². The Balaban J connectivity index is 1.74. The molecule has 1 heterocycles. The lowest BCUT2D eigenvalue weighted by molar-refractivity contribution is -1.01. The Morgan fingerprint density at radius 2 is 1.83 bits per heavy atom. The summed E-state index contributed by atoms with van der Waals surface area (Å²) < 4.78 is 11.4. The molecule has 4 heteroatoms. The van der Waals surface area contributed by atoms with Gasteiger partial charge in [-0.25, -0.2) is 0 Å². The van der Waals surface area contributed by atoms with Gasteiger partial charge in [-0.1, -0.05) is 18.2 Å². The first kappa shape index (κ1) is 17.8. The molecule has 1 saturated heterocycles. The Bertz CT molecular complexity index is 494. The predicted molar refractivity (Wildman–Crippen MR) is 94.6 cm³/mol. The molecule has 0 spiro atoms. The molecular weight excluding hydrogens is 288 g/mol. The molecule has 2 rings (SSSR count). The molecule has 1 aliphatic heterocycles. The molecular formula is C19H32N2O2+2. The first-order valence-electron chi connectivity index (χ1n) is 8.87. The van der Waals surface area contributed by atoms with E-state index in [0.717, 1.165) is 30.1 Å². The summed E-state index contributed by atoms with van der Waals surface area (Å²) >= 11 is 0. The van der Waals surface area contributed by atoms with Gasteiger partial charge in [0.15, 0.2) is 11.5 Å². The summed E-state index contributed by atoms with van der Waals surface area (Å²) in [6.07, 6.45) is 5.18. The van der Waals surface area contributed by atoms with Crippen molar-refractivity contribution in [1.82, 2.24) is 0 Å². The Kier molecular flexibility index (Phi) is 7.43. The molecule has 0 unspecified atom stereocenters. The number of quaternary nitrogens is 2. The molecule has 0 saturated carbocycles. The van der Waals surface area contributed by atoms with Crippen LogP contribution in [0.1, 0.15) is 25.8 Å². The molecule has 1 fully saturated rings. The summed E-state index contributed by atoms with van der Waals surface area (Å²) in [6, 6.07) is 6.09. The second-order valence-electron chi connectivity index (χ2n) is 6.22. The van der Waals surface area contributed by atoms with Crippen LogP contribution >= 0.6 is 0 Å². The van der Waals surface area contributed by atoms with Crippen LogP contribution in [0.15, 0.2) is 24.3 Å². The molecule has 1 aliphatic rings. The number of hydrogen-bond acceptors (Lipinski definition) is 2. The quantitative estimate of drug-likeness (QED) is 0.674. The number of piperazine rings is 1. The fourth-order valence-corrected chi connectivity index (χ4v) is 3.16. The van der Waals surface area contributed by atoms with Gasteiger partial charge in [-0.2, -0.15) is 0 Å². The zero-order chi connectivity index (χ0) is 16.5. The lowest BCUT2D eigenvalue weighted by atomic mass is 10.2. The fourth-order valence-electron chi connectivity index (χ4n) is 3.16. The van der Waals surface area contributed by atoms with E-state index in [0.29, 0.717) is 0 Å². The number of allylic oxidation sites excluding steroid dienone is 1. The van der Waals surface area contributed by atoms with Crippen LogP contribution < -0.4 is 19.3 Å². The van der Waals surface area contributed by atoms with Crippen molar-refractivity contribution < 1.29 is 19.3 Å². The van der Waals surface area contributed by atoms with Gasteiger partial charge < -0.3 is 19.3 Å². The van der Waals surface area contributed by atoms with Crippen LogP contribution in [0.25, 0.3) is 6.08 Å². The highest BCUT2D eigenvalue weighted by Crippen LogP contribution is 2.28. The first-order valence-corrected chi connectivity index (χ1v) is 8.87. The molecule has 0 radical (unpaired) electrons. The standard InChI is InChI=1S/C19H30N2O2/c1-4-7-17-8-9-18(19(16-17)22-3)23-15-6-10-21-13-11-20(5-2)12-14-21/h4,7-9,16H,5-6,10-15H2,1-3H3/p+2/b7-4+. The van der Waals surface area contributed by atoms with Gasteiger partial charge in [0, 0.05) is 6.42 Å². The van der Waals surface area contributed by atoms with Gasteiger partial charge in [-0.15, -0.1) is 0 Å². The summed E-state index contributed by atoms with van der Waals surface area (Å²) in [4.78, 5) is 3.47. The molecule has 1 aromatic rings. The largest absolute Gasteiger partial charge is 0.493 e. The summed E-state index contributed by atoms with van der Waals surface area (Å²) in [6.45, 7) is 12.7. The predicted octanol–water partition coefficient (Wildman–Crippen LogP) is 0.301. The highest BCUT2D eigenvalue weighted by Gasteiger charge is 2.20. The Labute approximate surface area is 140 Å². The van der Waals surface area contributed by atoms with Crippen molar-refractivity contribution in [3.63, 3.8) is 0 Å². The lowest BCUT2D eigenvalue weighted by Crippen LogP contribution is -3.28. The van der Waals surface area contributed by atoms with E-state index in [1.54, 1.807) is 16.9 Å². The number of ether oxygens (including phenoxy) is 2. The number of rotatable bonds is 8. The normalized spacial score (nSPS) is 21.5. The zero-order valence-electron chi connectivity index (χ0n) is 14.9. The summed E-state index contributed by atoms with van der Waals surface area (Å²) in [7, 11) is 1.70. The topological polar surface area (TPSA) is 27.3 Å².